The lowest BCUT2D eigenvalue weighted by Crippen LogP contribution is -2.25. The highest BCUT2D eigenvalue weighted by molar-refractivity contribution is 5.92. The smallest absolute Gasteiger partial charge is 0.417 e. The molecule has 0 aromatic heterocycles. The molecule has 0 aliphatic heterocycles. The van der Waals surface area contributed by atoms with Crippen molar-refractivity contribution >= 4 is 11.7 Å². The van der Waals surface area contributed by atoms with E-state index >= 15 is 0 Å². The zero-order valence-corrected chi connectivity index (χ0v) is 10.3. The third-order valence-corrected chi connectivity index (χ3v) is 1.97. The Morgan fingerprint density at radius 2 is 1.78 bits per heavy atom. The van der Waals surface area contributed by atoms with Crippen molar-refractivity contribution < 1.29 is 22.7 Å². The molecule has 100 valence electrons. The Balaban J connectivity index is 3.22. The number of carbonyl (C=O) groups excluding carboxylic acids is 1. The summed E-state index contributed by atoms with van der Waals surface area (Å²) < 4.78 is 43.1. The molecule has 0 spiro atoms. The molecule has 0 unspecified atom stereocenters. The van der Waals surface area contributed by atoms with Gasteiger partial charge in [-0.1, -0.05) is 0 Å². The Bertz CT molecular complexity index is 461. The zero-order valence-electron chi connectivity index (χ0n) is 10.3. The van der Waals surface area contributed by atoms with E-state index in [1.165, 1.54) is 0 Å². The fourth-order valence-corrected chi connectivity index (χ4v) is 1.31. The molecule has 0 aliphatic rings. The summed E-state index contributed by atoms with van der Waals surface area (Å²) in [6.07, 6.45) is -4.63. The van der Waals surface area contributed by atoms with Crippen molar-refractivity contribution in [2.75, 3.05) is 5.73 Å². The molecule has 0 radical (unpaired) electrons. The van der Waals surface area contributed by atoms with Gasteiger partial charge in [-0.2, -0.15) is 13.2 Å². The van der Waals surface area contributed by atoms with Gasteiger partial charge in [0.05, 0.1) is 11.1 Å². The van der Waals surface area contributed by atoms with Gasteiger partial charge in [-0.15, -0.1) is 0 Å². The third kappa shape index (κ3) is 3.65. The average molecular weight is 261 g/mol. The van der Waals surface area contributed by atoms with Crippen LogP contribution in [0.2, 0.25) is 0 Å². The summed E-state index contributed by atoms with van der Waals surface area (Å²) in [5, 5.41) is 0. The number of hydrogen-bond donors (Lipinski definition) is 1. The van der Waals surface area contributed by atoms with Gasteiger partial charge >= 0.3 is 12.1 Å². The summed E-state index contributed by atoms with van der Waals surface area (Å²) >= 11 is 0. The van der Waals surface area contributed by atoms with Gasteiger partial charge in [0.15, 0.2) is 0 Å². The first kappa shape index (κ1) is 14.3. The summed E-state index contributed by atoms with van der Waals surface area (Å²) in [6, 6.07) is 2.84. The summed E-state index contributed by atoms with van der Waals surface area (Å²) in [5.74, 6) is -1.04. The maximum absolute atomic E-state index is 12.7. The van der Waals surface area contributed by atoms with Crippen molar-refractivity contribution in [3.05, 3.63) is 29.3 Å². The largest absolute Gasteiger partial charge is 0.456 e. The van der Waals surface area contributed by atoms with E-state index in [1.807, 2.05) is 0 Å². The molecule has 1 rings (SSSR count). The first-order valence-electron chi connectivity index (χ1n) is 5.21. The van der Waals surface area contributed by atoms with Crippen molar-refractivity contribution in [3.63, 3.8) is 0 Å². The van der Waals surface area contributed by atoms with E-state index in [2.05, 4.69) is 0 Å². The second kappa shape index (κ2) is 4.51. The highest BCUT2D eigenvalue weighted by Crippen LogP contribution is 2.33. The first-order valence-corrected chi connectivity index (χ1v) is 5.21. The average Bonchev–Trinajstić information content (AvgIpc) is 2.12. The van der Waals surface area contributed by atoms with Crippen molar-refractivity contribution in [3.8, 4) is 0 Å². The number of rotatable bonds is 1. The molecule has 0 fully saturated rings. The van der Waals surface area contributed by atoms with Crippen LogP contribution in [0.1, 0.15) is 36.7 Å². The molecular weight excluding hydrogens is 247 g/mol. The monoisotopic (exact) mass is 261 g/mol. The standard InChI is InChI=1S/C12H14F3NO2/c1-11(2,3)18-10(17)8-6-7(16)4-5-9(8)12(13,14)15/h4-6H,16H2,1-3H3. The number of nitrogens with two attached hydrogens (primary N) is 1. The molecule has 6 heteroatoms. The number of hydrogen-bond acceptors (Lipinski definition) is 3. The predicted octanol–water partition coefficient (Wildman–Crippen LogP) is 3.24. The summed E-state index contributed by atoms with van der Waals surface area (Å²) in [5.41, 5.74) is 2.98. The Hall–Kier alpha value is -1.72. The van der Waals surface area contributed by atoms with E-state index in [4.69, 9.17) is 10.5 Å². The predicted molar refractivity (Wildman–Crippen MR) is 61.0 cm³/mol. The quantitative estimate of drug-likeness (QED) is 0.623. The molecule has 18 heavy (non-hydrogen) atoms. The third-order valence-electron chi connectivity index (χ3n) is 1.97. The van der Waals surface area contributed by atoms with Gasteiger partial charge < -0.3 is 10.5 Å². The maximum Gasteiger partial charge on any atom is 0.417 e. The molecular formula is C12H14F3NO2. The number of ether oxygens (including phenoxy) is 1. The Kier molecular flexibility index (Phi) is 3.59. The summed E-state index contributed by atoms with van der Waals surface area (Å²) in [6.45, 7) is 4.72. The molecule has 2 N–H and O–H groups in total. The number of esters is 1. The molecule has 0 heterocycles. The van der Waals surface area contributed by atoms with E-state index in [-0.39, 0.29) is 5.69 Å². The molecule has 0 saturated carbocycles. The maximum atomic E-state index is 12.7. The molecule has 0 atom stereocenters. The second-order valence-corrected chi connectivity index (χ2v) is 4.80. The topological polar surface area (TPSA) is 52.3 Å². The lowest BCUT2D eigenvalue weighted by atomic mass is 10.1. The van der Waals surface area contributed by atoms with Gasteiger partial charge in [0.25, 0.3) is 0 Å². The highest BCUT2D eigenvalue weighted by atomic mass is 19.4. The van der Waals surface area contributed by atoms with Gasteiger partial charge in [0.2, 0.25) is 0 Å². The number of alkyl halides is 3. The first-order chi connectivity index (χ1) is 8.00. The van der Waals surface area contributed by atoms with Crippen LogP contribution < -0.4 is 5.73 Å². The van der Waals surface area contributed by atoms with Crippen molar-refractivity contribution in [2.24, 2.45) is 0 Å². The van der Waals surface area contributed by atoms with Gasteiger partial charge in [-0.05, 0) is 39.0 Å². The van der Waals surface area contributed by atoms with Crippen LogP contribution in [0.3, 0.4) is 0 Å². The summed E-state index contributed by atoms with van der Waals surface area (Å²) in [4.78, 5) is 11.7. The minimum Gasteiger partial charge on any atom is -0.456 e. The van der Waals surface area contributed by atoms with E-state index in [1.54, 1.807) is 20.8 Å². The van der Waals surface area contributed by atoms with Gasteiger partial charge in [0.1, 0.15) is 5.60 Å². The molecule has 0 aliphatic carbocycles. The minimum absolute atomic E-state index is 0.0730. The summed E-state index contributed by atoms with van der Waals surface area (Å²) in [7, 11) is 0. The van der Waals surface area contributed by atoms with Crippen LogP contribution in [0.25, 0.3) is 0 Å². The van der Waals surface area contributed by atoms with Crippen molar-refractivity contribution in [2.45, 2.75) is 32.5 Å². The number of nitrogen functional groups attached to an aromatic ring is 1. The molecule has 3 nitrogen and oxygen atoms in total. The Morgan fingerprint density at radius 3 is 2.22 bits per heavy atom. The highest BCUT2D eigenvalue weighted by Gasteiger charge is 2.36. The Morgan fingerprint density at radius 1 is 1.22 bits per heavy atom. The van der Waals surface area contributed by atoms with Crippen LogP contribution >= 0.6 is 0 Å². The molecule has 0 saturated heterocycles. The van der Waals surface area contributed by atoms with Crippen LogP contribution in [-0.2, 0) is 10.9 Å². The minimum atomic E-state index is -4.63. The van der Waals surface area contributed by atoms with Crippen LogP contribution in [0.4, 0.5) is 18.9 Å². The van der Waals surface area contributed by atoms with Crippen molar-refractivity contribution in [1.29, 1.82) is 0 Å². The van der Waals surface area contributed by atoms with E-state index in [9.17, 15) is 18.0 Å². The fourth-order valence-electron chi connectivity index (χ4n) is 1.31. The lowest BCUT2D eigenvalue weighted by molar-refractivity contribution is -0.138. The van der Waals surface area contributed by atoms with Crippen LogP contribution in [0, 0.1) is 0 Å². The van der Waals surface area contributed by atoms with Gasteiger partial charge in [0, 0.05) is 5.69 Å². The SMILES string of the molecule is CC(C)(C)OC(=O)c1cc(N)ccc1C(F)(F)F. The van der Waals surface area contributed by atoms with Crippen LogP contribution in [-0.4, -0.2) is 11.6 Å². The normalized spacial score (nSPS) is 12.3. The van der Waals surface area contributed by atoms with E-state index < -0.39 is 28.9 Å². The molecule has 0 amide bonds. The molecule has 0 bridgehead atoms. The van der Waals surface area contributed by atoms with E-state index in [0.717, 1.165) is 18.2 Å². The van der Waals surface area contributed by atoms with E-state index in [0.29, 0.717) is 0 Å². The Labute approximate surface area is 103 Å². The number of halogens is 3. The number of carbonyl (C=O) groups is 1. The molecule has 1 aromatic rings. The molecule has 1 aromatic carbocycles. The van der Waals surface area contributed by atoms with Gasteiger partial charge in [-0.3, -0.25) is 0 Å². The van der Waals surface area contributed by atoms with Crippen LogP contribution in [0.5, 0.6) is 0 Å². The fraction of sp³-hybridized carbons (Fsp3) is 0.417. The van der Waals surface area contributed by atoms with Crippen LogP contribution in [0.15, 0.2) is 18.2 Å². The number of benzene rings is 1. The lowest BCUT2D eigenvalue weighted by Gasteiger charge is -2.21. The number of anilines is 1. The zero-order chi connectivity index (χ0) is 14.1. The van der Waals surface area contributed by atoms with Crippen molar-refractivity contribution in [1.82, 2.24) is 0 Å². The van der Waals surface area contributed by atoms with Gasteiger partial charge in [-0.25, -0.2) is 4.79 Å². The second-order valence-electron chi connectivity index (χ2n) is 4.80.